The van der Waals surface area contributed by atoms with Crippen molar-refractivity contribution in [3.8, 4) is 17.6 Å². The Bertz CT molecular complexity index is 416. The second kappa shape index (κ2) is 8.69. The van der Waals surface area contributed by atoms with E-state index in [1.165, 1.54) is 6.07 Å². The molecule has 66 valence electrons. The third-order valence-electron chi connectivity index (χ3n) is 1.42. The Morgan fingerprint density at radius 2 is 1.56 bits per heavy atom. The molecule has 1 rings (SSSR count). The maximum Gasteiger partial charge on any atom is 1.00 e. The van der Waals surface area contributed by atoms with Crippen molar-refractivity contribution in [2.24, 2.45) is 0 Å². The first-order valence-electron chi connectivity index (χ1n) is 3.19. The average molecular weight is 197 g/mol. The number of rotatable bonds is 1. The number of carboxylic acids is 1. The van der Waals surface area contributed by atoms with E-state index in [0.29, 0.717) is 12.1 Å². The van der Waals surface area contributed by atoms with E-state index in [1.807, 2.05) is 0 Å². The molecule has 0 saturated carbocycles. The number of nitrogens with zero attached hydrogens (tertiary/aromatic N) is 1. The second-order valence-corrected chi connectivity index (χ2v) is 2.24. The Balaban J connectivity index is -0.000000563. The van der Waals surface area contributed by atoms with Crippen LogP contribution in [0.4, 0.5) is 0 Å². The Kier molecular flexibility index (Phi) is 11.4. The van der Waals surface area contributed by atoms with E-state index in [4.69, 9.17) is 5.26 Å². The SMILES string of the molecule is N#Cc1cc([O-])c([O-])cc1C(=O)[O-].[Li+].[Li+].[Li+]. The molecular weight excluding hydrogens is 195 g/mol. The molecule has 0 aromatic heterocycles. The molecular formula is C8H2Li3NO4. The minimum absolute atomic E-state index is 0. The van der Waals surface area contributed by atoms with Crippen LogP contribution in [0.15, 0.2) is 12.1 Å². The molecule has 8 heteroatoms. The van der Waals surface area contributed by atoms with Gasteiger partial charge in [-0.25, -0.2) is 0 Å². The standard InChI is InChI=1S/C8H5NO4.3Li/c9-3-4-1-6(10)7(11)2-5(4)8(12)13;;;/h1-2,10-11H,(H,12,13);;;/q;3*+1/p-3. The topological polar surface area (TPSA) is 110 Å². The van der Waals surface area contributed by atoms with Crippen LogP contribution in [-0.2, 0) is 0 Å². The molecule has 0 bridgehead atoms. The first-order valence-corrected chi connectivity index (χ1v) is 3.19. The van der Waals surface area contributed by atoms with Crippen LogP contribution in [0.5, 0.6) is 11.5 Å². The summed E-state index contributed by atoms with van der Waals surface area (Å²) in [5, 5.41) is 40.1. The average Bonchev–Trinajstić information content (AvgIpc) is 2.08. The minimum Gasteiger partial charge on any atom is -0.873 e. The molecule has 0 aliphatic carbocycles. The molecule has 0 atom stereocenters. The molecule has 0 saturated heterocycles. The third kappa shape index (κ3) is 4.61. The van der Waals surface area contributed by atoms with Crippen LogP contribution in [0.25, 0.3) is 0 Å². The predicted molar refractivity (Wildman–Crippen MR) is 34.4 cm³/mol. The van der Waals surface area contributed by atoms with Crippen LogP contribution in [0.2, 0.25) is 0 Å². The van der Waals surface area contributed by atoms with Gasteiger partial charge in [-0.2, -0.15) is 5.26 Å². The molecule has 0 unspecified atom stereocenters. The van der Waals surface area contributed by atoms with E-state index in [1.54, 1.807) is 0 Å². The van der Waals surface area contributed by atoms with E-state index in [2.05, 4.69) is 0 Å². The number of nitriles is 1. The Labute approximate surface area is 128 Å². The normalized spacial score (nSPS) is 7.44. The molecule has 0 spiro atoms. The van der Waals surface area contributed by atoms with Crippen molar-refractivity contribution in [3.05, 3.63) is 23.3 Å². The zero-order valence-corrected chi connectivity index (χ0v) is 9.23. The van der Waals surface area contributed by atoms with Crippen LogP contribution in [0, 0.1) is 11.3 Å². The number of carboxylic acid groups (broad SMARTS) is 1. The van der Waals surface area contributed by atoms with Gasteiger partial charge in [-0.1, -0.05) is 12.1 Å². The van der Waals surface area contributed by atoms with Crippen LogP contribution in [0.1, 0.15) is 15.9 Å². The maximum atomic E-state index is 10.7. The summed E-state index contributed by atoms with van der Waals surface area (Å²) in [6.45, 7) is 0. The van der Waals surface area contributed by atoms with Gasteiger partial charge in [-0.05, 0) is 0 Å². The van der Waals surface area contributed by atoms with E-state index >= 15 is 0 Å². The van der Waals surface area contributed by atoms with Gasteiger partial charge in [0.1, 0.15) is 0 Å². The smallest absolute Gasteiger partial charge is 0.873 e. The third-order valence-corrected chi connectivity index (χ3v) is 1.42. The zero-order chi connectivity index (χ0) is 10.0. The molecule has 1 aromatic rings. The van der Waals surface area contributed by atoms with Crippen molar-refractivity contribution in [2.75, 3.05) is 0 Å². The number of benzene rings is 1. The first kappa shape index (κ1) is 20.9. The fourth-order valence-corrected chi connectivity index (χ4v) is 0.821. The van der Waals surface area contributed by atoms with Gasteiger partial charge in [0.15, 0.2) is 0 Å². The van der Waals surface area contributed by atoms with Crippen LogP contribution in [0.3, 0.4) is 0 Å². The van der Waals surface area contributed by atoms with Gasteiger partial charge in [-0.3, -0.25) is 0 Å². The number of hydrogen-bond acceptors (Lipinski definition) is 5. The molecule has 5 nitrogen and oxygen atoms in total. The molecule has 0 fully saturated rings. The molecule has 0 aliphatic rings. The molecule has 0 N–H and O–H groups in total. The molecule has 0 radical (unpaired) electrons. The van der Waals surface area contributed by atoms with E-state index in [-0.39, 0.29) is 62.1 Å². The second-order valence-electron chi connectivity index (χ2n) is 2.24. The van der Waals surface area contributed by atoms with Crippen molar-refractivity contribution in [3.63, 3.8) is 0 Å². The summed E-state index contributed by atoms with van der Waals surface area (Å²) in [6, 6.07) is 2.77. The van der Waals surface area contributed by atoms with Gasteiger partial charge in [0, 0.05) is 5.56 Å². The number of carbonyl (C=O) groups excluding carboxylic acids is 1. The van der Waals surface area contributed by atoms with Gasteiger partial charge < -0.3 is 20.1 Å². The summed E-state index contributed by atoms with van der Waals surface area (Å²) in [7, 11) is 0. The van der Waals surface area contributed by atoms with Crippen molar-refractivity contribution in [1.82, 2.24) is 0 Å². The van der Waals surface area contributed by atoms with Crippen LogP contribution in [-0.4, -0.2) is 5.97 Å². The van der Waals surface area contributed by atoms with Gasteiger partial charge in [0.05, 0.1) is 17.6 Å². The fraction of sp³-hybridized carbons (Fsp3) is 0. The summed E-state index contributed by atoms with van der Waals surface area (Å²) < 4.78 is 0. The van der Waals surface area contributed by atoms with Gasteiger partial charge in [0.2, 0.25) is 0 Å². The molecule has 0 heterocycles. The summed E-state index contributed by atoms with van der Waals surface area (Å²) in [5.41, 5.74) is -0.906. The van der Waals surface area contributed by atoms with Crippen LogP contribution >= 0.6 is 0 Å². The number of aromatic carboxylic acids is 1. The van der Waals surface area contributed by atoms with Crippen LogP contribution < -0.4 is 71.9 Å². The molecule has 1 aromatic carbocycles. The number of hydrogen-bond donors (Lipinski definition) is 0. The summed E-state index contributed by atoms with van der Waals surface area (Å²) in [5.74, 6) is -3.51. The number of carbonyl (C=O) groups is 1. The van der Waals surface area contributed by atoms with Gasteiger partial charge >= 0.3 is 56.6 Å². The summed E-state index contributed by atoms with van der Waals surface area (Å²) in [4.78, 5) is 10.3. The van der Waals surface area contributed by atoms with Crippen molar-refractivity contribution < 1.29 is 76.7 Å². The zero-order valence-electron chi connectivity index (χ0n) is 9.23. The molecule has 16 heavy (non-hydrogen) atoms. The molecule has 0 amide bonds. The van der Waals surface area contributed by atoms with Crippen molar-refractivity contribution in [1.29, 1.82) is 5.26 Å². The van der Waals surface area contributed by atoms with E-state index in [0.717, 1.165) is 0 Å². The largest absolute Gasteiger partial charge is 1.00 e. The first-order chi connectivity index (χ1) is 6.06. The summed E-state index contributed by atoms with van der Waals surface area (Å²) in [6.07, 6.45) is 0. The Hall–Kier alpha value is -0.428. The Morgan fingerprint density at radius 3 is 1.94 bits per heavy atom. The van der Waals surface area contributed by atoms with Gasteiger partial charge in [-0.15, -0.1) is 11.5 Å². The van der Waals surface area contributed by atoms with E-state index in [9.17, 15) is 20.1 Å². The minimum atomic E-state index is -1.64. The molecule has 0 aliphatic heterocycles. The Morgan fingerprint density at radius 1 is 1.12 bits per heavy atom. The quantitative estimate of drug-likeness (QED) is 0.415. The van der Waals surface area contributed by atoms with E-state index < -0.39 is 23.0 Å². The van der Waals surface area contributed by atoms with Crippen molar-refractivity contribution >= 4 is 5.97 Å². The summed E-state index contributed by atoms with van der Waals surface area (Å²) >= 11 is 0. The van der Waals surface area contributed by atoms with Gasteiger partial charge in [0.25, 0.3) is 0 Å². The maximum absolute atomic E-state index is 10.7. The van der Waals surface area contributed by atoms with Crippen molar-refractivity contribution in [2.45, 2.75) is 0 Å². The predicted octanol–water partition coefficient (Wildman–Crippen LogP) is -10.9. The fourth-order valence-electron chi connectivity index (χ4n) is 0.821. The monoisotopic (exact) mass is 197 g/mol.